The van der Waals surface area contributed by atoms with E-state index in [-0.39, 0.29) is 23.8 Å². The van der Waals surface area contributed by atoms with Gasteiger partial charge in [-0.1, -0.05) is 20.8 Å². The Labute approximate surface area is 124 Å². The summed E-state index contributed by atoms with van der Waals surface area (Å²) in [5, 5.41) is 0. The molecule has 0 N–H and O–H groups in total. The van der Waals surface area contributed by atoms with Crippen LogP contribution in [0.5, 0.6) is 6.08 Å². The standard InChI is InChI=1S/C14H15F3N2O3/c1-7-5-8(14(15,16)17)10-11(18-7)22-12(19-10)21-6-9(20)13(2,3)4/h5H,6H2,1-4H3. The lowest BCUT2D eigenvalue weighted by molar-refractivity contribution is -0.136. The number of aryl methyl sites for hydroxylation is 1. The molecule has 22 heavy (non-hydrogen) atoms. The quantitative estimate of drug-likeness (QED) is 0.866. The molecule has 0 aliphatic rings. The number of nitrogens with zero attached hydrogens (tertiary/aromatic N) is 2. The van der Waals surface area contributed by atoms with Gasteiger partial charge in [0.2, 0.25) is 0 Å². The second-order valence-electron chi connectivity index (χ2n) is 5.90. The van der Waals surface area contributed by atoms with E-state index in [1.165, 1.54) is 6.92 Å². The Bertz CT molecular complexity index is 714. The van der Waals surface area contributed by atoms with E-state index in [9.17, 15) is 18.0 Å². The van der Waals surface area contributed by atoms with Gasteiger partial charge in [0.15, 0.2) is 12.4 Å². The molecule has 0 saturated heterocycles. The number of rotatable bonds is 3. The molecule has 0 fully saturated rings. The predicted molar refractivity (Wildman–Crippen MR) is 71.5 cm³/mol. The van der Waals surface area contributed by atoms with Crippen molar-refractivity contribution >= 4 is 17.0 Å². The highest BCUT2D eigenvalue weighted by Gasteiger charge is 2.35. The van der Waals surface area contributed by atoms with Crippen LogP contribution in [-0.2, 0) is 11.0 Å². The van der Waals surface area contributed by atoms with Gasteiger partial charge in [0, 0.05) is 11.1 Å². The van der Waals surface area contributed by atoms with E-state index in [4.69, 9.17) is 9.15 Å². The fourth-order valence-corrected chi connectivity index (χ4v) is 1.64. The molecule has 0 amide bonds. The van der Waals surface area contributed by atoms with Crippen LogP contribution in [0.1, 0.15) is 32.0 Å². The van der Waals surface area contributed by atoms with Crippen LogP contribution >= 0.6 is 0 Å². The van der Waals surface area contributed by atoms with E-state index >= 15 is 0 Å². The summed E-state index contributed by atoms with van der Waals surface area (Å²) < 4.78 is 49.0. The summed E-state index contributed by atoms with van der Waals surface area (Å²) in [7, 11) is 0. The molecular formula is C14H15F3N2O3. The maximum absolute atomic E-state index is 13.0. The number of fused-ring (bicyclic) bond motifs is 1. The SMILES string of the molecule is Cc1cc(C(F)(F)F)c2nc(OCC(=O)C(C)(C)C)oc2n1. The molecule has 0 radical (unpaired) electrons. The number of alkyl halides is 3. The minimum absolute atomic E-state index is 0.147. The van der Waals surface area contributed by atoms with Crippen LogP contribution in [0.4, 0.5) is 13.2 Å². The van der Waals surface area contributed by atoms with Gasteiger partial charge in [-0.15, -0.1) is 0 Å². The van der Waals surface area contributed by atoms with Gasteiger partial charge >= 0.3 is 12.3 Å². The Morgan fingerprint density at radius 1 is 1.27 bits per heavy atom. The lowest BCUT2D eigenvalue weighted by Crippen LogP contribution is -2.26. The molecule has 2 heterocycles. The van der Waals surface area contributed by atoms with Crippen molar-refractivity contribution in [3.05, 3.63) is 17.3 Å². The molecule has 2 aromatic heterocycles. The van der Waals surface area contributed by atoms with Crippen LogP contribution in [0.2, 0.25) is 0 Å². The summed E-state index contributed by atoms with van der Waals surface area (Å²) in [5.41, 5.74) is -2.14. The van der Waals surface area contributed by atoms with Crippen LogP contribution < -0.4 is 4.74 Å². The third-order valence-electron chi connectivity index (χ3n) is 2.94. The summed E-state index contributed by atoms with van der Waals surface area (Å²) in [6, 6.07) is 0.884. The van der Waals surface area contributed by atoms with Crippen molar-refractivity contribution < 1.29 is 27.1 Å². The number of Topliss-reactive ketones (excluding diaryl/α,β-unsaturated/α-hetero) is 1. The average molecular weight is 316 g/mol. The molecule has 2 aromatic rings. The van der Waals surface area contributed by atoms with E-state index in [0.29, 0.717) is 0 Å². The lowest BCUT2D eigenvalue weighted by atomic mass is 9.91. The monoisotopic (exact) mass is 316 g/mol. The number of aromatic nitrogens is 2. The molecule has 0 aliphatic heterocycles. The molecule has 0 unspecified atom stereocenters. The van der Waals surface area contributed by atoms with Gasteiger partial charge in [-0.2, -0.15) is 18.2 Å². The van der Waals surface area contributed by atoms with Crippen LogP contribution in [0.25, 0.3) is 11.2 Å². The van der Waals surface area contributed by atoms with Gasteiger partial charge in [0.05, 0.1) is 5.56 Å². The molecule has 0 aromatic carbocycles. The van der Waals surface area contributed by atoms with Crippen LogP contribution in [0.15, 0.2) is 10.5 Å². The van der Waals surface area contributed by atoms with E-state index < -0.39 is 28.7 Å². The van der Waals surface area contributed by atoms with Crippen LogP contribution in [-0.4, -0.2) is 22.4 Å². The minimum atomic E-state index is -4.58. The van der Waals surface area contributed by atoms with Crippen molar-refractivity contribution in [3.8, 4) is 6.08 Å². The lowest BCUT2D eigenvalue weighted by Gasteiger charge is -2.15. The zero-order chi connectivity index (χ0) is 16.7. The number of pyridine rings is 1. The smallest absolute Gasteiger partial charge is 0.418 e. The Hall–Kier alpha value is -2.12. The second-order valence-corrected chi connectivity index (χ2v) is 5.90. The van der Waals surface area contributed by atoms with Gasteiger partial charge in [-0.3, -0.25) is 4.79 Å². The van der Waals surface area contributed by atoms with E-state index in [2.05, 4.69) is 9.97 Å². The number of carbonyl (C=O) groups excluding carboxylic acids is 1. The minimum Gasteiger partial charge on any atom is -0.442 e. The third kappa shape index (κ3) is 3.37. The van der Waals surface area contributed by atoms with E-state index in [0.717, 1.165) is 6.07 Å². The molecule has 120 valence electrons. The van der Waals surface area contributed by atoms with Crippen molar-refractivity contribution in [3.63, 3.8) is 0 Å². The fraction of sp³-hybridized carbons (Fsp3) is 0.500. The maximum atomic E-state index is 13.0. The van der Waals surface area contributed by atoms with Crippen LogP contribution in [0, 0.1) is 12.3 Å². The zero-order valence-electron chi connectivity index (χ0n) is 12.5. The highest BCUT2D eigenvalue weighted by atomic mass is 19.4. The molecular weight excluding hydrogens is 301 g/mol. The first-order valence-corrected chi connectivity index (χ1v) is 6.50. The van der Waals surface area contributed by atoms with Crippen molar-refractivity contribution in [1.29, 1.82) is 0 Å². The Morgan fingerprint density at radius 3 is 2.45 bits per heavy atom. The zero-order valence-corrected chi connectivity index (χ0v) is 12.5. The number of oxazole rings is 1. The number of hydrogen-bond donors (Lipinski definition) is 0. The molecule has 0 spiro atoms. The Balaban J connectivity index is 2.33. The number of ether oxygens (including phenoxy) is 1. The fourth-order valence-electron chi connectivity index (χ4n) is 1.64. The highest BCUT2D eigenvalue weighted by Crippen LogP contribution is 2.35. The molecule has 0 bridgehead atoms. The van der Waals surface area contributed by atoms with Gasteiger partial charge in [0.1, 0.15) is 5.52 Å². The molecule has 0 saturated carbocycles. The number of hydrogen-bond acceptors (Lipinski definition) is 5. The maximum Gasteiger partial charge on any atom is 0.418 e. The number of ketones is 1. The number of carbonyl (C=O) groups is 1. The topological polar surface area (TPSA) is 65.2 Å². The van der Waals surface area contributed by atoms with Crippen molar-refractivity contribution in [2.75, 3.05) is 6.61 Å². The Kier molecular flexibility index (Phi) is 3.88. The highest BCUT2D eigenvalue weighted by molar-refractivity contribution is 5.85. The first-order valence-electron chi connectivity index (χ1n) is 6.50. The Morgan fingerprint density at radius 2 is 1.91 bits per heavy atom. The normalized spacial score (nSPS) is 12.7. The van der Waals surface area contributed by atoms with E-state index in [1.54, 1.807) is 20.8 Å². The van der Waals surface area contributed by atoms with Crippen molar-refractivity contribution in [2.45, 2.75) is 33.9 Å². The first kappa shape index (κ1) is 16.3. The number of halogens is 3. The first-order chi connectivity index (χ1) is 9.98. The third-order valence-corrected chi connectivity index (χ3v) is 2.94. The molecule has 2 rings (SSSR count). The van der Waals surface area contributed by atoms with Crippen LogP contribution in [0.3, 0.4) is 0 Å². The van der Waals surface area contributed by atoms with Gasteiger partial charge in [-0.05, 0) is 13.0 Å². The van der Waals surface area contributed by atoms with Crippen molar-refractivity contribution in [2.24, 2.45) is 5.41 Å². The van der Waals surface area contributed by atoms with Crippen molar-refractivity contribution in [1.82, 2.24) is 9.97 Å². The van der Waals surface area contributed by atoms with E-state index in [1.807, 2.05) is 0 Å². The van der Waals surface area contributed by atoms with Gasteiger partial charge < -0.3 is 9.15 Å². The summed E-state index contributed by atoms with van der Waals surface area (Å²) in [6.45, 7) is 6.20. The van der Waals surface area contributed by atoms with Gasteiger partial charge in [0.25, 0.3) is 5.71 Å². The molecule has 8 heteroatoms. The molecule has 5 nitrogen and oxygen atoms in total. The largest absolute Gasteiger partial charge is 0.442 e. The summed E-state index contributed by atoms with van der Waals surface area (Å²) in [6.07, 6.45) is -4.99. The van der Waals surface area contributed by atoms with Gasteiger partial charge in [-0.25, -0.2) is 4.98 Å². The second kappa shape index (κ2) is 5.26. The summed E-state index contributed by atoms with van der Waals surface area (Å²) in [4.78, 5) is 19.2. The predicted octanol–water partition coefficient (Wildman–Crippen LogP) is 3.54. The molecule has 0 atom stereocenters. The summed E-state index contributed by atoms with van der Waals surface area (Å²) >= 11 is 0. The molecule has 0 aliphatic carbocycles. The average Bonchev–Trinajstić information content (AvgIpc) is 2.74. The summed E-state index contributed by atoms with van der Waals surface area (Å²) in [5.74, 6) is -0.227.